The molecule has 9 nitrogen and oxygen atoms in total. The molecule has 114 valence electrons. The second-order valence-corrected chi connectivity index (χ2v) is 4.67. The number of nitro groups is 1. The number of hydrogen-bond donors (Lipinski definition) is 2. The van der Waals surface area contributed by atoms with Gasteiger partial charge in [-0.05, 0) is 28.0 Å². The number of carbonyl (C=O) groups excluding carboxylic acids is 2. The number of carbonyl (C=O) groups is 2. The zero-order chi connectivity index (χ0) is 16.2. The third kappa shape index (κ3) is 4.41. The number of aryl methyl sites for hydroxylation is 1. The maximum atomic E-state index is 11.8. The van der Waals surface area contributed by atoms with Crippen molar-refractivity contribution in [3.63, 3.8) is 0 Å². The normalized spacial score (nSPS) is 11.8. The SMILES string of the molecule is Cc1ccc(O[C@H](C(=O)NC(N)=O)C(C)C)c([N+](=O)[O-])n1. The Morgan fingerprint density at radius 3 is 2.52 bits per heavy atom. The molecule has 0 aliphatic carbocycles. The van der Waals surface area contributed by atoms with E-state index in [4.69, 9.17) is 10.5 Å². The summed E-state index contributed by atoms with van der Waals surface area (Å²) < 4.78 is 5.36. The molecule has 0 aliphatic heterocycles. The standard InChI is InChI=1S/C12H16N4O5/c1-6(2)9(11(17)15-12(13)18)21-8-5-4-7(3)14-10(8)16(19)20/h4-6,9H,1-3H3,(H3,13,15,17,18)/t9-/m0/s1. The number of nitrogens with two attached hydrogens (primary N) is 1. The van der Waals surface area contributed by atoms with Crippen LogP contribution < -0.4 is 15.8 Å². The van der Waals surface area contributed by atoms with Crippen molar-refractivity contribution in [1.29, 1.82) is 0 Å². The monoisotopic (exact) mass is 296 g/mol. The summed E-state index contributed by atoms with van der Waals surface area (Å²) in [5.74, 6) is -1.76. The molecule has 9 heteroatoms. The first-order chi connectivity index (χ1) is 9.72. The number of urea groups is 1. The smallest absolute Gasteiger partial charge is 0.406 e. The van der Waals surface area contributed by atoms with Crippen LogP contribution in [-0.4, -0.2) is 27.9 Å². The minimum Gasteiger partial charge on any atom is -0.472 e. The van der Waals surface area contributed by atoms with Crippen LogP contribution in [0.3, 0.4) is 0 Å². The van der Waals surface area contributed by atoms with E-state index in [0.29, 0.717) is 5.69 Å². The molecule has 0 aromatic carbocycles. The van der Waals surface area contributed by atoms with Gasteiger partial charge in [0.15, 0.2) is 6.10 Å². The average molecular weight is 296 g/mol. The van der Waals surface area contributed by atoms with E-state index in [1.165, 1.54) is 12.1 Å². The number of imide groups is 1. The molecule has 0 bridgehead atoms. The van der Waals surface area contributed by atoms with E-state index in [2.05, 4.69) is 4.98 Å². The summed E-state index contributed by atoms with van der Waals surface area (Å²) in [4.78, 5) is 36.6. The summed E-state index contributed by atoms with van der Waals surface area (Å²) in [7, 11) is 0. The van der Waals surface area contributed by atoms with Crippen molar-refractivity contribution in [3.05, 3.63) is 27.9 Å². The van der Waals surface area contributed by atoms with Crippen molar-refractivity contribution in [1.82, 2.24) is 10.3 Å². The van der Waals surface area contributed by atoms with Gasteiger partial charge in [0.25, 0.3) is 5.91 Å². The van der Waals surface area contributed by atoms with Gasteiger partial charge < -0.3 is 20.6 Å². The molecule has 0 aliphatic rings. The molecule has 0 saturated carbocycles. The van der Waals surface area contributed by atoms with Crippen LogP contribution in [0, 0.1) is 23.0 Å². The lowest BCUT2D eigenvalue weighted by Crippen LogP contribution is -2.46. The summed E-state index contributed by atoms with van der Waals surface area (Å²) in [6, 6.07) is 1.85. The predicted octanol–water partition coefficient (Wildman–Crippen LogP) is 0.897. The largest absolute Gasteiger partial charge is 0.472 e. The fourth-order valence-electron chi connectivity index (χ4n) is 1.57. The van der Waals surface area contributed by atoms with Gasteiger partial charge in [-0.2, -0.15) is 0 Å². The number of ether oxygens (including phenoxy) is 1. The Kier molecular flexibility index (Phi) is 5.17. The summed E-state index contributed by atoms with van der Waals surface area (Å²) in [5.41, 5.74) is 5.32. The van der Waals surface area contributed by atoms with Gasteiger partial charge in [0.05, 0.1) is 0 Å². The molecule has 1 aromatic heterocycles. The Hall–Kier alpha value is -2.71. The van der Waals surface area contributed by atoms with Crippen LogP contribution in [0.25, 0.3) is 0 Å². The summed E-state index contributed by atoms with van der Waals surface area (Å²) in [6.45, 7) is 4.92. The Balaban J connectivity index is 3.07. The van der Waals surface area contributed by atoms with Gasteiger partial charge in [-0.1, -0.05) is 13.8 Å². The summed E-state index contributed by atoms with van der Waals surface area (Å²) >= 11 is 0. The van der Waals surface area contributed by atoms with Crippen LogP contribution in [0.2, 0.25) is 0 Å². The van der Waals surface area contributed by atoms with E-state index in [-0.39, 0.29) is 11.7 Å². The molecule has 3 amide bonds. The van der Waals surface area contributed by atoms with E-state index < -0.39 is 28.8 Å². The van der Waals surface area contributed by atoms with Crippen molar-refractivity contribution < 1.29 is 19.2 Å². The average Bonchev–Trinajstić information content (AvgIpc) is 2.35. The van der Waals surface area contributed by atoms with Crippen LogP contribution in [0.4, 0.5) is 10.6 Å². The number of nitrogens with one attached hydrogen (secondary N) is 1. The fraction of sp³-hybridized carbons (Fsp3) is 0.417. The van der Waals surface area contributed by atoms with Crippen LogP contribution in [0.1, 0.15) is 19.5 Å². The van der Waals surface area contributed by atoms with E-state index >= 15 is 0 Å². The molecule has 1 aromatic rings. The third-order valence-electron chi connectivity index (χ3n) is 2.52. The van der Waals surface area contributed by atoms with Crippen molar-refractivity contribution in [2.24, 2.45) is 11.7 Å². The number of pyridine rings is 1. The van der Waals surface area contributed by atoms with Crippen LogP contribution in [0.5, 0.6) is 5.75 Å². The fourth-order valence-corrected chi connectivity index (χ4v) is 1.57. The van der Waals surface area contributed by atoms with Crippen molar-refractivity contribution in [2.75, 3.05) is 0 Å². The van der Waals surface area contributed by atoms with Crippen molar-refractivity contribution >= 4 is 17.8 Å². The second-order valence-electron chi connectivity index (χ2n) is 4.67. The van der Waals surface area contributed by atoms with E-state index in [9.17, 15) is 19.7 Å². The molecule has 0 fully saturated rings. The first kappa shape index (κ1) is 16.3. The topological polar surface area (TPSA) is 137 Å². The van der Waals surface area contributed by atoms with Gasteiger partial charge in [-0.15, -0.1) is 0 Å². The van der Waals surface area contributed by atoms with Gasteiger partial charge in [0.1, 0.15) is 5.69 Å². The first-order valence-corrected chi connectivity index (χ1v) is 6.11. The van der Waals surface area contributed by atoms with Gasteiger partial charge in [-0.3, -0.25) is 10.1 Å². The molecule has 1 heterocycles. The lowest BCUT2D eigenvalue weighted by atomic mass is 10.1. The maximum absolute atomic E-state index is 11.8. The molecule has 0 saturated heterocycles. The Bertz CT molecular complexity index is 573. The Labute approximate surface area is 120 Å². The Morgan fingerprint density at radius 2 is 2.05 bits per heavy atom. The molecule has 0 radical (unpaired) electrons. The number of nitrogens with zero attached hydrogens (tertiary/aromatic N) is 2. The minimum atomic E-state index is -1.11. The lowest BCUT2D eigenvalue weighted by Gasteiger charge is -2.20. The molecule has 1 rings (SSSR count). The highest BCUT2D eigenvalue weighted by molar-refractivity contribution is 5.96. The lowest BCUT2D eigenvalue weighted by molar-refractivity contribution is -0.390. The zero-order valence-corrected chi connectivity index (χ0v) is 11.8. The van der Waals surface area contributed by atoms with Crippen LogP contribution in [0.15, 0.2) is 12.1 Å². The highest BCUT2D eigenvalue weighted by Crippen LogP contribution is 2.26. The van der Waals surface area contributed by atoms with Crippen LogP contribution in [-0.2, 0) is 4.79 Å². The van der Waals surface area contributed by atoms with Gasteiger partial charge in [0.2, 0.25) is 5.75 Å². The molecular formula is C12H16N4O5. The highest BCUT2D eigenvalue weighted by Gasteiger charge is 2.29. The van der Waals surface area contributed by atoms with Gasteiger partial charge >= 0.3 is 11.8 Å². The maximum Gasteiger partial charge on any atom is 0.406 e. The molecular weight excluding hydrogens is 280 g/mol. The molecule has 0 spiro atoms. The molecule has 3 N–H and O–H groups in total. The minimum absolute atomic E-state index is 0.149. The highest BCUT2D eigenvalue weighted by atomic mass is 16.6. The van der Waals surface area contributed by atoms with E-state index in [1.54, 1.807) is 20.8 Å². The van der Waals surface area contributed by atoms with Crippen molar-refractivity contribution in [3.8, 4) is 5.75 Å². The quantitative estimate of drug-likeness (QED) is 0.611. The van der Waals surface area contributed by atoms with Crippen LogP contribution >= 0.6 is 0 Å². The van der Waals surface area contributed by atoms with Crippen molar-refractivity contribution in [2.45, 2.75) is 26.9 Å². The number of rotatable bonds is 5. The predicted molar refractivity (Wildman–Crippen MR) is 72.6 cm³/mol. The van der Waals surface area contributed by atoms with E-state index in [1.807, 2.05) is 5.32 Å². The zero-order valence-electron chi connectivity index (χ0n) is 11.8. The molecule has 0 unspecified atom stereocenters. The molecule has 1 atom stereocenters. The van der Waals surface area contributed by atoms with Gasteiger partial charge in [0, 0.05) is 6.92 Å². The first-order valence-electron chi connectivity index (χ1n) is 6.11. The number of amides is 3. The summed E-state index contributed by atoms with van der Waals surface area (Å²) in [6.07, 6.45) is -1.11. The number of primary amides is 1. The molecule has 21 heavy (non-hydrogen) atoms. The number of aromatic nitrogens is 1. The van der Waals surface area contributed by atoms with Gasteiger partial charge in [-0.25, -0.2) is 4.79 Å². The van der Waals surface area contributed by atoms with E-state index in [0.717, 1.165) is 0 Å². The second kappa shape index (κ2) is 6.64. The Morgan fingerprint density at radius 1 is 1.43 bits per heavy atom. The summed E-state index contributed by atoms with van der Waals surface area (Å²) in [5, 5.41) is 12.9. The number of hydrogen-bond acceptors (Lipinski definition) is 6. The third-order valence-corrected chi connectivity index (χ3v) is 2.52.